The number of aliphatic hydroxyl groups is 1. The van der Waals surface area contributed by atoms with Gasteiger partial charge in [-0.2, -0.15) is 4.98 Å². The average molecular weight is 401 g/mol. The summed E-state index contributed by atoms with van der Waals surface area (Å²) in [5.74, 6) is 1.58. The zero-order valence-corrected chi connectivity index (χ0v) is 16.9. The van der Waals surface area contributed by atoms with E-state index in [4.69, 9.17) is 4.74 Å². The molecule has 3 aromatic rings. The van der Waals surface area contributed by atoms with Gasteiger partial charge in [0.2, 0.25) is 5.95 Å². The third kappa shape index (κ3) is 4.86. The number of aromatic amines is 1. The van der Waals surface area contributed by atoms with Crippen LogP contribution in [-0.2, 0) is 13.6 Å². The molecule has 156 valence electrons. The van der Waals surface area contributed by atoms with Crippen LogP contribution in [-0.4, -0.2) is 43.5 Å². The number of aryl methyl sites for hydroxylation is 1. The summed E-state index contributed by atoms with van der Waals surface area (Å²) in [5, 5.41) is 13.7. The fourth-order valence-electron chi connectivity index (χ4n) is 2.99. The van der Waals surface area contributed by atoms with Gasteiger partial charge >= 0.3 is 5.69 Å². The predicted molar refractivity (Wildman–Crippen MR) is 111 cm³/mol. The van der Waals surface area contributed by atoms with Crippen molar-refractivity contribution in [3.8, 4) is 5.75 Å². The van der Waals surface area contributed by atoms with Crippen LogP contribution >= 0.6 is 0 Å². The van der Waals surface area contributed by atoms with Crippen LogP contribution in [0.3, 0.4) is 0 Å². The number of aromatic nitrogens is 4. The summed E-state index contributed by atoms with van der Waals surface area (Å²) in [5.41, 5.74) is -0.572. The van der Waals surface area contributed by atoms with Crippen molar-refractivity contribution in [1.82, 2.24) is 19.1 Å². The van der Waals surface area contributed by atoms with Crippen LogP contribution in [0.1, 0.15) is 20.3 Å². The molecule has 0 aliphatic carbocycles. The zero-order valence-electron chi connectivity index (χ0n) is 16.9. The Hall–Kier alpha value is -3.07. The number of imidazole rings is 1. The molecular weight excluding hydrogens is 374 g/mol. The maximum atomic E-state index is 12.5. The molecule has 9 heteroatoms. The van der Waals surface area contributed by atoms with Crippen LogP contribution in [0.15, 0.2) is 39.9 Å². The second kappa shape index (κ2) is 8.95. The van der Waals surface area contributed by atoms with Gasteiger partial charge in [-0.25, -0.2) is 4.79 Å². The van der Waals surface area contributed by atoms with Crippen LogP contribution in [0, 0.1) is 5.92 Å². The van der Waals surface area contributed by atoms with Crippen molar-refractivity contribution in [2.24, 2.45) is 13.0 Å². The van der Waals surface area contributed by atoms with E-state index in [0.717, 1.165) is 6.42 Å². The highest BCUT2D eigenvalue weighted by Gasteiger charge is 2.19. The molecule has 2 heterocycles. The molecule has 0 aliphatic heterocycles. The van der Waals surface area contributed by atoms with Crippen molar-refractivity contribution in [2.45, 2.75) is 32.9 Å². The Morgan fingerprint density at radius 1 is 1.24 bits per heavy atom. The smallest absolute Gasteiger partial charge is 0.329 e. The van der Waals surface area contributed by atoms with Gasteiger partial charge in [0.15, 0.2) is 11.2 Å². The van der Waals surface area contributed by atoms with Crippen molar-refractivity contribution in [1.29, 1.82) is 0 Å². The number of fused-ring (bicyclic) bond motifs is 1. The fraction of sp³-hybridized carbons (Fsp3) is 0.450. The lowest BCUT2D eigenvalue weighted by atomic mass is 10.1. The first-order valence-corrected chi connectivity index (χ1v) is 9.66. The molecule has 2 aromatic heterocycles. The summed E-state index contributed by atoms with van der Waals surface area (Å²) < 4.78 is 8.50. The Morgan fingerprint density at radius 3 is 2.66 bits per heavy atom. The number of hydrogen-bond acceptors (Lipinski definition) is 6. The Labute approximate surface area is 168 Å². The molecule has 3 rings (SSSR count). The molecule has 0 radical (unpaired) electrons. The highest BCUT2D eigenvalue weighted by atomic mass is 16.5. The summed E-state index contributed by atoms with van der Waals surface area (Å²) in [6, 6.07) is 9.19. The summed E-state index contributed by atoms with van der Waals surface area (Å²) in [6.45, 7) is 5.03. The number of anilines is 1. The Kier molecular flexibility index (Phi) is 6.38. The van der Waals surface area contributed by atoms with E-state index in [2.05, 4.69) is 29.1 Å². The molecule has 3 N–H and O–H groups in total. The van der Waals surface area contributed by atoms with Crippen molar-refractivity contribution in [3.63, 3.8) is 0 Å². The molecule has 1 aromatic carbocycles. The minimum atomic E-state index is -0.880. The molecule has 0 fully saturated rings. The van der Waals surface area contributed by atoms with Gasteiger partial charge in [0.05, 0.1) is 6.54 Å². The van der Waals surface area contributed by atoms with E-state index in [1.807, 2.05) is 18.2 Å². The molecule has 1 atom stereocenters. The van der Waals surface area contributed by atoms with Crippen LogP contribution in [0.4, 0.5) is 5.95 Å². The average Bonchev–Trinajstić information content (AvgIpc) is 3.04. The van der Waals surface area contributed by atoms with Crippen molar-refractivity contribution >= 4 is 17.1 Å². The zero-order chi connectivity index (χ0) is 21.0. The third-order valence-corrected chi connectivity index (χ3v) is 4.59. The van der Waals surface area contributed by atoms with Crippen molar-refractivity contribution < 1.29 is 9.84 Å². The standard InChI is InChI=1S/C20H27N5O4/c1-13(2)9-10-21-19-22-17-16(18(27)23-20(28)24(17)3)25(19)11-14(26)12-29-15-7-5-4-6-8-15/h4-8,13-14,26H,9-12H2,1-3H3,(H,21,22)(H,23,27,28)/t14-/m0/s1. The normalized spacial score (nSPS) is 12.4. The lowest BCUT2D eigenvalue weighted by molar-refractivity contribution is 0.0938. The summed E-state index contributed by atoms with van der Waals surface area (Å²) in [6.07, 6.45) is 0.0351. The van der Waals surface area contributed by atoms with Gasteiger partial charge < -0.3 is 19.7 Å². The number of nitrogens with zero attached hydrogens (tertiary/aromatic N) is 3. The third-order valence-electron chi connectivity index (χ3n) is 4.59. The molecule has 0 unspecified atom stereocenters. The SMILES string of the molecule is CC(C)CCNc1nc2c(c(=O)[nH]c(=O)n2C)n1C[C@H](O)COc1ccccc1. The highest BCUT2D eigenvalue weighted by Crippen LogP contribution is 2.17. The number of nitrogens with one attached hydrogen (secondary N) is 2. The summed E-state index contributed by atoms with van der Waals surface area (Å²) >= 11 is 0. The topological polar surface area (TPSA) is 114 Å². The quantitative estimate of drug-likeness (QED) is 0.498. The first-order chi connectivity index (χ1) is 13.9. The summed E-state index contributed by atoms with van der Waals surface area (Å²) in [7, 11) is 1.55. The van der Waals surface area contributed by atoms with Crippen LogP contribution in [0.2, 0.25) is 0 Å². The Morgan fingerprint density at radius 2 is 1.97 bits per heavy atom. The second-order valence-corrected chi connectivity index (χ2v) is 7.42. The molecule has 9 nitrogen and oxygen atoms in total. The van der Waals surface area contributed by atoms with Gasteiger partial charge in [0.1, 0.15) is 18.5 Å². The molecule has 29 heavy (non-hydrogen) atoms. The van der Waals surface area contributed by atoms with Gasteiger partial charge in [0, 0.05) is 13.6 Å². The van der Waals surface area contributed by atoms with Gasteiger partial charge in [-0.15, -0.1) is 0 Å². The number of rotatable bonds is 9. The minimum absolute atomic E-state index is 0.0544. The lowest BCUT2D eigenvalue weighted by Crippen LogP contribution is -2.31. The maximum Gasteiger partial charge on any atom is 0.329 e. The largest absolute Gasteiger partial charge is 0.491 e. The molecule has 0 aliphatic rings. The first-order valence-electron chi connectivity index (χ1n) is 9.66. The van der Waals surface area contributed by atoms with Crippen LogP contribution in [0.25, 0.3) is 11.2 Å². The van der Waals surface area contributed by atoms with Gasteiger partial charge in [0.25, 0.3) is 5.56 Å². The molecule has 0 saturated carbocycles. The van der Waals surface area contributed by atoms with Gasteiger partial charge in [-0.1, -0.05) is 32.0 Å². The summed E-state index contributed by atoms with van der Waals surface area (Å²) in [4.78, 5) is 31.1. The van der Waals surface area contributed by atoms with Gasteiger partial charge in [-0.05, 0) is 24.5 Å². The monoisotopic (exact) mass is 401 g/mol. The van der Waals surface area contributed by atoms with Crippen molar-refractivity contribution in [3.05, 3.63) is 51.2 Å². The number of ether oxygens (including phenoxy) is 1. The number of H-pyrrole nitrogens is 1. The maximum absolute atomic E-state index is 12.5. The highest BCUT2D eigenvalue weighted by molar-refractivity contribution is 5.74. The van der Waals surface area contributed by atoms with E-state index in [0.29, 0.717) is 24.2 Å². The van der Waals surface area contributed by atoms with E-state index in [1.165, 1.54) is 4.57 Å². The number of benzene rings is 1. The van der Waals surface area contributed by atoms with Gasteiger partial charge in [-0.3, -0.25) is 14.3 Å². The number of aliphatic hydroxyl groups excluding tert-OH is 1. The molecule has 0 bridgehead atoms. The molecular formula is C20H27N5O4. The van der Waals surface area contributed by atoms with Crippen LogP contribution < -0.4 is 21.3 Å². The molecule has 0 amide bonds. The molecule has 0 saturated heterocycles. The van der Waals surface area contributed by atoms with E-state index in [1.54, 1.807) is 23.7 Å². The van der Waals surface area contributed by atoms with Crippen molar-refractivity contribution in [2.75, 3.05) is 18.5 Å². The minimum Gasteiger partial charge on any atom is -0.491 e. The number of hydrogen-bond donors (Lipinski definition) is 3. The van der Waals surface area contributed by atoms with Crippen LogP contribution in [0.5, 0.6) is 5.75 Å². The number of para-hydroxylation sites is 1. The predicted octanol–water partition coefficient (Wildman–Crippen LogP) is 1.32. The van der Waals surface area contributed by atoms with E-state index < -0.39 is 17.4 Å². The fourth-order valence-corrected chi connectivity index (χ4v) is 2.99. The first kappa shape index (κ1) is 20.7. The van der Waals surface area contributed by atoms with E-state index in [-0.39, 0.29) is 24.3 Å². The Balaban J connectivity index is 1.87. The van der Waals surface area contributed by atoms with E-state index >= 15 is 0 Å². The lowest BCUT2D eigenvalue weighted by Gasteiger charge is -2.16. The second-order valence-electron chi connectivity index (χ2n) is 7.42. The molecule has 0 spiro atoms. The Bertz CT molecular complexity index is 1070. The van der Waals surface area contributed by atoms with E-state index in [9.17, 15) is 14.7 Å².